The first-order chi connectivity index (χ1) is 19.0. The third-order valence-corrected chi connectivity index (χ3v) is 9.25. The molecule has 2 fully saturated rings. The number of epoxide rings is 1. The lowest BCUT2D eigenvalue weighted by atomic mass is 9.81. The number of amides is 1. The zero-order valence-corrected chi connectivity index (χ0v) is 25.7. The maximum atomic E-state index is 13.8. The maximum absolute atomic E-state index is 13.8. The third kappa shape index (κ3) is 10.1. The lowest BCUT2D eigenvalue weighted by molar-refractivity contribution is -0.135. The molecule has 0 bridgehead atoms. The molecular formula is C31H45NO8S. The molecule has 1 aromatic carbocycles. The van der Waals surface area contributed by atoms with E-state index in [9.17, 15) is 32.7 Å². The molecule has 1 saturated carbocycles. The summed E-state index contributed by atoms with van der Waals surface area (Å²) >= 11 is 0. The summed E-state index contributed by atoms with van der Waals surface area (Å²) in [6, 6.07) is 5.18. The molecule has 9 nitrogen and oxygen atoms in total. The van der Waals surface area contributed by atoms with Gasteiger partial charge in [-0.2, -0.15) is 0 Å². The lowest BCUT2D eigenvalue weighted by Crippen LogP contribution is -2.46. The van der Waals surface area contributed by atoms with Crippen LogP contribution in [0.4, 0.5) is 0 Å². The fraction of sp³-hybridized carbons (Fsp3) is 0.677. The molecule has 10 heteroatoms. The highest BCUT2D eigenvalue weighted by molar-refractivity contribution is 7.90. The Morgan fingerprint density at radius 3 is 2.20 bits per heavy atom. The molecule has 1 aliphatic heterocycles. The van der Waals surface area contributed by atoms with Crippen LogP contribution in [0.15, 0.2) is 29.2 Å². The number of nitrogens with one attached hydrogen (secondary N) is 1. The van der Waals surface area contributed by atoms with Gasteiger partial charge in [-0.3, -0.25) is 19.2 Å². The van der Waals surface area contributed by atoms with E-state index in [1.54, 1.807) is 26.0 Å². The van der Waals surface area contributed by atoms with Crippen molar-refractivity contribution in [2.45, 2.75) is 108 Å². The van der Waals surface area contributed by atoms with E-state index in [0.717, 1.165) is 31.9 Å². The number of Topliss-reactive ketones (excluding diaryl/α,β-unsaturated/α-hetero) is 3. The number of carbonyl (C=O) groups is 4. The smallest absolute Gasteiger partial charge is 0.223 e. The Morgan fingerprint density at radius 1 is 1.10 bits per heavy atom. The largest absolute Gasteiger partial charge is 0.390 e. The van der Waals surface area contributed by atoms with Gasteiger partial charge in [-0.15, -0.1) is 0 Å². The van der Waals surface area contributed by atoms with Crippen molar-refractivity contribution in [3.8, 4) is 0 Å². The summed E-state index contributed by atoms with van der Waals surface area (Å²) < 4.78 is 29.2. The van der Waals surface area contributed by atoms with Crippen LogP contribution >= 0.6 is 0 Å². The quantitative estimate of drug-likeness (QED) is 0.278. The van der Waals surface area contributed by atoms with E-state index in [4.69, 9.17) is 4.74 Å². The minimum Gasteiger partial charge on any atom is -0.390 e. The molecule has 41 heavy (non-hydrogen) atoms. The molecule has 2 aliphatic rings. The van der Waals surface area contributed by atoms with Crippen molar-refractivity contribution in [3.05, 3.63) is 29.8 Å². The van der Waals surface area contributed by atoms with Crippen LogP contribution in [0.3, 0.4) is 0 Å². The van der Waals surface area contributed by atoms with Crippen LogP contribution in [-0.4, -0.2) is 66.9 Å². The van der Waals surface area contributed by atoms with Gasteiger partial charge in [-0.05, 0) is 57.2 Å². The second kappa shape index (κ2) is 13.3. The minimum atomic E-state index is -3.40. The SMILES string of the molecule is C[C@@H](CC(=O)CC(C)(C)O)C(=O)N[C@@H](Cc1ccc(S(C)(=O)=O)cc1)C(=O)C[C@@H](CC1CCCC1)C(=O)[C@@]1(C)CO1. The number of ketones is 3. The van der Waals surface area contributed by atoms with Crippen molar-refractivity contribution >= 4 is 33.1 Å². The second-order valence-corrected chi connectivity index (χ2v) is 15.0. The molecule has 0 unspecified atom stereocenters. The van der Waals surface area contributed by atoms with Crippen molar-refractivity contribution in [2.24, 2.45) is 17.8 Å². The number of carbonyl (C=O) groups excluding carboxylic acids is 4. The lowest BCUT2D eigenvalue weighted by Gasteiger charge is -2.25. The van der Waals surface area contributed by atoms with Crippen LogP contribution in [0.25, 0.3) is 0 Å². The van der Waals surface area contributed by atoms with Crippen LogP contribution < -0.4 is 5.32 Å². The summed E-state index contributed by atoms with van der Waals surface area (Å²) in [7, 11) is -3.40. The van der Waals surface area contributed by atoms with Gasteiger partial charge in [0, 0.05) is 37.4 Å². The van der Waals surface area contributed by atoms with Crippen molar-refractivity contribution in [1.82, 2.24) is 5.32 Å². The molecule has 0 radical (unpaired) electrons. The van der Waals surface area contributed by atoms with Gasteiger partial charge in [-0.25, -0.2) is 8.42 Å². The van der Waals surface area contributed by atoms with Gasteiger partial charge in [0.15, 0.2) is 21.4 Å². The highest BCUT2D eigenvalue weighted by Crippen LogP contribution is 2.37. The van der Waals surface area contributed by atoms with E-state index < -0.39 is 44.8 Å². The normalized spacial score (nSPS) is 21.6. The van der Waals surface area contributed by atoms with E-state index in [0.29, 0.717) is 24.5 Å². The predicted molar refractivity (Wildman–Crippen MR) is 154 cm³/mol. The molecule has 1 heterocycles. The number of hydrogen-bond donors (Lipinski definition) is 2. The van der Waals surface area contributed by atoms with Crippen LogP contribution in [0.1, 0.15) is 84.6 Å². The first-order valence-corrected chi connectivity index (χ1v) is 16.4. The highest BCUT2D eigenvalue weighted by atomic mass is 32.2. The van der Waals surface area contributed by atoms with E-state index in [-0.39, 0.29) is 47.9 Å². The molecule has 1 aromatic rings. The van der Waals surface area contributed by atoms with Gasteiger partial charge >= 0.3 is 0 Å². The molecule has 0 spiro atoms. The first-order valence-electron chi connectivity index (χ1n) is 14.5. The van der Waals surface area contributed by atoms with Crippen LogP contribution in [0, 0.1) is 17.8 Å². The van der Waals surface area contributed by atoms with Crippen molar-refractivity contribution < 1.29 is 37.4 Å². The Hall–Kier alpha value is -2.43. The van der Waals surface area contributed by atoms with Gasteiger partial charge in [0.25, 0.3) is 0 Å². The summed E-state index contributed by atoms with van der Waals surface area (Å²) in [5.74, 6) is -1.99. The molecule has 2 N–H and O–H groups in total. The third-order valence-electron chi connectivity index (χ3n) is 8.12. The van der Waals surface area contributed by atoms with Crippen LogP contribution in [-0.2, 0) is 40.2 Å². The minimum absolute atomic E-state index is 0.0351. The molecule has 228 valence electrons. The molecule has 1 aliphatic carbocycles. The molecule has 3 rings (SSSR count). The highest BCUT2D eigenvalue weighted by Gasteiger charge is 2.50. The zero-order chi connectivity index (χ0) is 30.6. The summed E-state index contributed by atoms with van der Waals surface area (Å²) in [6.07, 6.45) is 5.89. The molecule has 4 atom stereocenters. The Labute approximate surface area is 243 Å². The fourth-order valence-electron chi connectivity index (χ4n) is 5.66. The fourth-order valence-corrected chi connectivity index (χ4v) is 6.29. The summed E-state index contributed by atoms with van der Waals surface area (Å²) in [6.45, 7) is 6.73. The number of ether oxygens (including phenoxy) is 1. The number of rotatable bonds is 16. The Morgan fingerprint density at radius 2 is 1.68 bits per heavy atom. The van der Waals surface area contributed by atoms with E-state index in [1.807, 2.05) is 0 Å². The van der Waals surface area contributed by atoms with Gasteiger partial charge in [0.1, 0.15) is 11.4 Å². The number of benzene rings is 1. The van der Waals surface area contributed by atoms with Gasteiger partial charge in [0.05, 0.1) is 23.1 Å². The van der Waals surface area contributed by atoms with Crippen molar-refractivity contribution in [2.75, 3.05) is 12.9 Å². The molecule has 0 aromatic heterocycles. The number of hydrogen-bond acceptors (Lipinski definition) is 8. The van der Waals surface area contributed by atoms with E-state index in [1.165, 1.54) is 26.0 Å². The molecule has 1 saturated heterocycles. The monoisotopic (exact) mass is 591 g/mol. The van der Waals surface area contributed by atoms with Crippen LogP contribution in [0.5, 0.6) is 0 Å². The topological polar surface area (TPSA) is 147 Å². The Bertz CT molecular complexity index is 1220. The number of aliphatic hydroxyl groups is 1. The standard InChI is InChI=1S/C31H45NO8S/c1-20(14-24(33)18-30(2,3)37)29(36)32-26(16-22-10-12-25(13-11-22)41(5,38)39)27(34)17-23(15-21-8-6-7-9-21)28(35)31(4)19-40-31/h10-13,20-21,23,26,37H,6-9,14-19H2,1-5H3,(H,32,36)/t20-,23+,26-,31+/m0/s1. The van der Waals surface area contributed by atoms with Gasteiger partial charge < -0.3 is 15.2 Å². The predicted octanol–water partition coefficient (Wildman–Crippen LogP) is 3.39. The molecular weight excluding hydrogens is 546 g/mol. The average molecular weight is 592 g/mol. The first kappa shape index (κ1) is 33.1. The number of sulfone groups is 1. The Balaban J connectivity index is 1.79. The second-order valence-electron chi connectivity index (χ2n) is 13.0. The maximum Gasteiger partial charge on any atom is 0.223 e. The van der Waals surface area contributed by atoms with Gasteiger partial charge in [0.2, 0.25) is 5.91 Å². The summed E-state index contributed by atoms with van der Waals surface area (Å²) in [4.78, 5) is 52.8. The van der Waals surface area contributed by atoms with Crippen LogP contribution in [0.2, 0.25) is 0 Å². The van der Waals surface area contributed by atoms with Crippen molar-refractivity contribution in [3.63, 3.8) is 0 Å². The Kier molecular flexibility index (Phi) is 10.7. The van der Waals surface area contributed by atoms with Crippen molar-refractivity contribution in [1.29, 1.82) is 0 Å². The summed E-state index contributed by atoms with van der Waals surface area (Å²) in [5, 5.41) is 12.8. The summed E-state index contributed by atoms with van der Waals surface area (Å²) in [5.41, 5.74) is -1.40. The molecule has 1 amide bonds. The van der Waals surface area contributed by atoms with E-state index in [2.05, 4.69) is 5.32 Å². The average Bonchev–Trinajstić information content (AvgIpc) is 3.39. The van der Waals surface area contributed by atoms with Gasteiger partial charge in [-0.1, -0.05) is 44.7 Å². The van der Waals surface area contributed by atoms with E-state index >= 15 is 0 Å². The zero-order valence-electron chi connectivity index (χ0n) is 24.9.